The highest BCUT2D eigenvalue weighted by atomic mass is 16.1. The van der Waals surface area contributed by atoms with Crippen molar-refractivity contribution >= 4 is 22.5 Å². The number of hydrogen-bond donors (Lipinski definition) is 3. The number of pyridine rings is 1. The SMILES string of the molecule is NCC1CCC(C(=O)Nc2ccnc3c[nH]cc23)CC1. The lowest BCUT2D eigenvalue weighted by molar-refractivity contribution is -0.121. The number of H-pyrrole nitrogens is 1. The van der Waals surface area contributed by atoms with Crippen LogP contribution in [0.1, 0.15) is 25.7 Å². The molecule has 5 nitrogen and oxygen atoms in total. The van der Waals surface area contributed by atoms with Crippen LogP contribution in [-0.4, -0.2) is 22.4 Å². The number of amides is 1. The average molecular weight is 272 g/mol. The third kappa shape index (κ3) is 2.54. The molecule has 0 radical (unpaired) electrons. The summed E-state index contributed by atoms with van der Waals surface area (Å²) in [6.07, 6.45) is 9.41. The van der Waals surface area contributed by atoms with Gasteiger partial charge in [0.2, 0.25) is 5.91 Å². The first kappa shape index (κ1) is 13.1. The molecule has 20 heavy (non-hydrogen) atoms. The van der Waals surface area contributed by atoms with E-state index >= 15 is 0 Å². The standard InChI is InChI=1S/C15H20N4O/c16-7-10-1-3-11(4-2-10)15(20)19-13-5-6-18-14-9-17-8-12(13)14/h5-6,8-11,17H,1-4,7,16H2,(H,19,20). The number of nitrogens with two attached hydrogens (primary N) is 1. The topological polar surface area (TPSA) is 83.8 Å². The molecule has 0 atom stereocenters. The van der Waals surface area contributed by atoms with Crippen molar-refractivity contribution in [2.75, 3.05) is 11.9 Å². The fourth-order valence-corrected chi connectivity index (χ4v) is 2.96. The Morgan fingerprint density at radius 2 is 2.15 bits per heavy atom. The molecule has 5 heteroatoms. The lowest BCUT2D eigenvalue weighted by Crippen LogP contribution is -2.29. The van der Waals surface area contributed by atoms with Crippen LogP contribution in [0.15, 0.2) is 24.7 Å². The van der Waals surface area contributed by atoms with Crippen LogP contribution in [0.25, 0.3) is 10.9 Å². The fraction of sp³-hybridized carbons (Fsp3) is 0.467. The number of carbonyl (C=O) groups excluding carboxylic acids is 1. The zero-order chi connectivity index (χ0) is 13.9. The van der Waals surface area contributed by atoms with Crippen LogP contribution in [0.5, 0.6) is 0 Å². The zero-order valence-electron chi connectivity index (χ0n) is 11.4. The Hall–Kier alpha value is -1.88. The summed E-state index contributed by atoms with van der Waals surface area (Å²) in [5.41, 5.74) is 7.39. The number of aromatic amines is 1. The quantitative estimate of drug-likeness (QED) is 0.801. The van der Waals surface area contributed by atoms with Crippen molar-refractivity contribution in [1.82, 2.24) is 9.97 Å². The molecule has 4 N–H and O–H groups in total. The Balaban J connectivity index is 1.69. The normalized spacial score (nSPS) is 22.9. The van der Waals surface area contributed by atoms with E-state index in [1.54, 1.807) is 6.20 Å². The van der Waals surface area contributed by atoms with Crippen molar-refractivity contribution in [3.63, 3.8) is 0 Å². The fourth-order valence-electron chi connectivity index (χ4n) is 2.96. The lowest BCUT2D eigenvalue weighted by atomic mass is 9.81. The summed E-state index contributed by atoms with van der Waals surface area (Å²) in [5.74, 6) is 0.825. The molecule has 0 aliphatic heterocycles. The Morgan fingerprint density at radius 1 is 1.35 bits per heavy atom. The largest absolute Gasteiger partial charge is 0.365 e. The highest BCUT2D eigenvalue weighted by Gasteiger charge is 2.25. The van der Waals surface area contributed by atoms with E-state index in [-0.39, 0.29) is 11.8 Å². The highest BCUT2D eigenvalue weighted by molar-refractivity contribution is 6.01. The lowest BCUT2D eigenvalue weighted by Gasteiger charge is -2.26. The minimum atomic E-state index is 0.111. The summed E-state index contributed by atoms with van der Waals surface area (Å²) in [7, 11) is 0. The molecule has 0 spiro atoms. The van der Waals surface area contributed by atoms with Crippen LogP contribution in [0.2, 0.25) is 0 Å². The molecular formula is C15H20N4O. The summed E-state index contributed by atoms with van der Waals surface area (Å²) in [4.78, 5) is 19.6. The van der Waals surface area contributed by atoms with Gasteiger partial charge in [-0.2, -0.15) is 0 Å². The van der Waals surface area contributed by atoms with Gasteiger partial charge < -0.3 is 16.0 Å². The van der Waals surface area contributed by atoms with E-state index in [4.69, 9.17) is 5.73 Å². The molecule has 106 valence electrons. The van der Waals surface area contributed by atoms with Gasteiger partial charge in [-0.3, -0.25) is 9.78 Å². The molecule has 0 saturated heterocycles. The number of nitrogens with zero attached hydrogens (tertiary/aromatic N) is 1. The molecule has 2 aromatic heterocycles. The van der Waals surface area contributed by atoms with Crippen LogP contribution < -0.4 is 11.1 Å². The van der Waals surface area contributed by atoms with E-state index < -0.39 is 0 Å². The van der Waals surface area contributed by atoms with E-state index in [9.17, 15) is 4.79 Å². The molecule has 3 rings (SSSR count). The number of anilines is 1. The molecule has 2 aromatic rings. The maximum atomic E-state index is 12.4. The van der Waals surface area contributed by atoms with Crippen LogP contribution in [0.4, 0.5) is 5.69 Å². The van der Waals surface area contributed by atoms with Gasteiger partial charge in [-0.05, 0) is 44.2 Å². The minimum absolute atomic E-state index is 0.111. The third-order valence-electron chi connectivity index (χ3n) is 4.28. The number of rotatable bonds is 3. The van der Waals surface area contributed by atoms with Crippen molar-refractivity contribution in [1.29, 1.82) is 0 Å². The molecule has 1 fully saturated rings. The number of aromatic nitrogens is 2. The van der Waals surface area contributed by atoms with Crippen molar-refractivity contribution < 1.29 is 4.79 Å². The van der Waals surface area contributed by atoms with Crippen LogP contribution >= 0.6 is 0 Å². The Bertz CT molecular complexity index is 599. The Labute approximate surface area is 118 Å². The number of fused-ring (bicyclic) bond motifs is 1. The van der Waals surface area contributed by atoms with Crippen molar-refractivity contribution in [3.05, 3.63) is 24.7 Å². The molecule has 1 saturated carbocycles. The van der Waals surface area contributed by atoms with E-state index in [0.717, 1.165) is 48.8 Å². The van der Waals surface area contributed by atoms with Crippen molar-refractivity contribution in [3.8, 4) is 0 Å². The number of hydrogen-bond acceptors (Lipinski definition) is 3. The second kappa shape index (κ2) is 5.63. The van der Waals surface area contributed by atoms with Gasteiger partial charge in [-0.25, -0.2) is 0 Å². The highest BCUT2D eigenvalue weighted by Crippen LogP contribution is 2.30. The third-order valence-corrected chi connectivity index (χ3v) is 4.28. The molecule has 0 unspecified atom stereocenters. The summed E-state index contributed by atoms with van der Waals surface area (Å²) in [5, 5.41) is 4.00. The summed E-state index contributed by atoms with van der Waals surface area (Å²) >= 11 is 0. The summed E-state index contributed by atoms with van der Waals surface area (Å²) < 4.78 is 0. The van der Waals surface area contributed by atoms with Gasteiger partial charge in [0.05, 0.1) is 11.2 Å². The van der Waals surface area contributed by atoms with Crippen molar-refractivity contribution in [2.24, 2.45) is 17.6 Å². The van der Waals surface area contributed by atoms with Crippen LogP contribution in [0.3, 0.4) is 0 Å². The molecule has 1 aliphatic carbocycles. The van der Waals surface area contributed by atoms with E-state index in [1.165, 1.54) is 0 Å². The number of nitrogens with one attached hydrogen (secondary N) is 2. The first-order valence-corrected chi connectivity index (χ1v) is 7.20. The first-order valence-electron chi connectivity index (χ1n) is 7.20. The van der Waals surface area contributed by atoms with Gasteiger partial charge in [0.15, 0.2) is 0 Å². The van der Waals surface area contributed by atoms with E-state index in [2.05, 4.69) is 15.3 Å². The molecular weight excluding hydrogens is 252 g/mol. The number of carbonyl (C=O) groups is 1. The molecule has 2 heterocycles. The Kier molecular flexibility index (Phi) is 3.69. The monoisotopic (exact) mass is 272 g/mol. The minimum Gasteiger partial charge on any atom is -0.365 e. The van der Waals surface area contributed by atoms with Gasteiger partial charge in [0.1, 0.15) is 0 Å². The smallest absolute Gasteiger partial charge is 0.227 e. The van der Waals surface area contributed by atoms with Gasteiger partial charge in [-0.15, -0.1) is 0 Å². The van der Waals surface area contributed by atoms with Crippen LogP contribution in [-0.2, 0) is 4.79 Å². The summed E-state index contributed by atoms with van der Waals surface area (Å²) in [6.45, 7) is 0.739. The predicted octanol–water partition coefficient (Wildman–Crippen LogP) is 2.27. The van der Waals surface area contributed by atoms with E-state index in [0.29, 0.717) is 5.92 Å². The molecule has 1 amide bonds. The zero-order valence-corrected chi connectivity index (χ0v) is 11.4. The molecule has 0 bridgehead atoms. The van der Waals surface area contributed by atoms with Crippen LogP contribution in [0, 0.1) is 11.8 Å². The van der Waals surface area contributed by atoms with Gasteiger partial charge in [0, 0.05) is 29.9 Å². The average Bonchev–Trinajstić information content (AvgIpc) is 2.97. The second-order valence-electron chi connectivity index (χ2n) is 5.56. The first-order chi connectivity index (χ1) is 9.78. The molecule has 0 aromatic carbocycles. The second-order valence-corrected chi connectivity index (χ2v) is 5.56. The van der Waals surface area contributed by atoms with Gasteiger partial charge in [0.25, 0.3) is 0 Å². The van der Waals surface area contributed by atoms with Gasteiger partial charge in [-0.1, -0.05) is 0 Å². The van der Waals surface area contributed by atoms with Gasteiger partial charge >= 0.3 is 0 Å². The van der Waals surface area contributed by atoms with Crippen molar-refractivity contribution in [2.45, 2.75) is 25.7 Å². The predicted molar refractivity (Wildman–Crippen MR) is 79.2 cm³/mol. The maximum Gasteiger partial charge on any atom is 0.227 e. The molecule has 1 aliphatic rings. The van der Waals surface area contributed by atoms with E-state index in [1.807, 2.05) is 18.5 Å². The Morgan fingerprint density at radius 3 is 2.90 bits per heavy atom. The summed E-state index contributed by atoms with van der Waals surface area (Å²) in [6, 6.07) is 1.85. The maximum absolute atomic E-state index is 12.4.